The van der Waals surface area contributed by atoms with Crippen molar-refractivity contribution in [1.29, 1.82) is 0 Å². The largest absolute Gasteiger partial charge is 0.493 e. The van der Waals surface area contributed by atoms with Gasteiger partial charge in [-0.1, -0.05) is 12.1 Å². The van der Waals surface area contributed by atoms with Crippen LogP contribution in [0.4, 0.5) is 10.5 Å². The highest BCUT2D eigenvalue weighted by Gasteiger charge is 2.16. The van der Waals surface area contributed by atoms with Crippen LogP contribution in [0.5, 0.6) is 5.75 Å². The standard InChI is InChI=1S/C21H26N2O6/c1-21(2,3)29-20(26)23-15-7-5-14(6-8-15)9-10-28-17-11-16(13-24)22-18(12-17)19(25)27-4/h5-8,11-12,24H,9-10,13H2,1-4H3,(H,23,26). The number of aromatic nitrogens is 1. The molecule has 2 aromatic rings. The summed E-state index contributed by atoms with van der Waals surface area (Å²) in [5.41, 5.74) is 1.47. The Morgan fingerprint density at radius 3 is 2.41 bits per heavy atom. The topological polar surface area (TPSA) is 107 Å². The van der Waals surface area contributed by atoms with Crippen molar-refractivity contribution in [3.63, 3.8) is 0 Å². The molecular formula is C21H26N2O6. The van der Waals surface area contributed by atoms with Gasteiger partial charge in [0, 0.05) is 24.2 Å². The number of amides is 1. The zero-order valence-electron chi connectivity index (χ0n) is 17.0. The van der Waals surface area contributed by atoms with Gasteiger partial charge < -0.3 is 19.3 Å². The lowest BCUT2D eigenvalue weighted by molar-refractivity contribution is 0.0590. The number of carbonyl (C=O) groups is 2. The minimum Gasteiger partial charge on any atom is -0.493 e. The fraction of sp³-hybridized carbons (Fsp3) is 0.381. The number of hydrogen-bond acceptors (Lipinski definition) is 7. The number of esters is 1. The lowest BCUT2D eigenvalue weighted by atomic mass is 10.1. The number of anilines is 1. The van der Waals surface area contributed by atoms with E-state index in [0.717, 1.165) is 5.56 Å². The summed E-state index contributed by atoms with van der Waals surface area (Å²) in [5.74, 6) is -0.175. The van der Waals surface area contributed by atoms with Crippen LogP contribution in [-0.4, -0.2) is 41.5 Å². The second-order valence-electron chi connectivity index (χ2n) is 7.25. The molecule has 0 radical (unpaired) electrons. The highest BCUT2D eigenvalue weighted by atomic mass is 16.6. The third-order valence-corrected chi connectivity index (χ3v) is 3.67. The van der Waals surface area contributed by atoms with Gasteiger partial charge in [0.05, 0.1) is 26.0 Å². The molecule has 0 bridgehead atoms. The van der Waals surface area contributed by atoms with Crippen LogP contribution in [-0.2, 0) is 22.5 Å². The first kappa shape index (κ1) is 22.2. The third-order valence-electron chi connectivity index (χ3n) is 3.67. The molecule has 156 valence electrons. The molecule has 0 atom stereocenters. The molecule has 0 aliphatic heterocycles. The van der Waals surface area contributed by atoms with E-state index < -0.39 is 17.7 Å². The molecular weight excluding hydrogens is 376 g/mol. The summed E-state index contributed by atoms with van der Waals surface area (Å²) in [5, 5.41) is 12.0. The van der Waals surface area contributed by atoms with Crippen LogP contribution in [0.2, 0.25) is 0 Å². The lowest BCUT2D eigenvalue weighted by Crippen LogP contribution is -2.27. The van der Waals surface area contributed by atoms with Gasteiger partial charge in [-0.15, -0.1) is 0 Å². The number of carbonyl (C=O) groups excluding carboxylic acids is 2. The minimum atomic E-state index is -0.599. The van der Waals surface area contributed by atoms with E-state index in [2.05, 4.69) is 15.0 Å². The molecule has 2 rings (SSSR count). The van der Waals surface area contributed by atoms with E-state index in [1.165, 1.54) is 13.2 Å². The summed E-state index contributed by atoms with van der Waals surface area (Å²) in [6.07, 6.45) is 0.101. The summed E-state index contributed by atoms with van der Waals surface area (Å²) in [4.78, 5) is 27.4. The normalized spacial score (nSPS) is 10.9. The van der Waals surface area contributed by atoms with Crippen molar-refractivity contribution < 1.29 is 28.9 Å². The van der Waals surface area contributed by atoms with Crippen LogP contribution in [0.1, 0.15) is 42.5 Å². The first-order chi connectivity index (χ1) is 13.7. The summed E-state index contributed by atoms with van der Waals surface area (Å²) in [6, 6.07) is 10.4. The average Bonchev–Trinajstić information content (AvgIpc) is 2.67. The molecule has 0 unspecified atom stereocenters. The van der Waals surface area contributed by atoms with Crippen molar-refractivity contribution >= 4 is 17.7 Å². The number of benzene rings is 1. The van der Waals surface area contributed by atoms with Crippen molar-refractivity contribution in [1.82, 2.24) is 4.98 Å². The molecule has 0 aliphatic rings. The summed E-state index contributed by atoms with van der Waals surface area (Å²) < 4.78 is 15.6. The molecule has 1 amide bonds. The van der Waals surface area contributed by atoms with Crippen LogP contribution >= 0.6 is 0 Å². The molecule has 0 aliphatic carbocycles. The number of aliphatic hydroxyl groups is 1. The maximum atomic E-state index is 11.8. The van der Waals surface area contributed by atoms with E-state index >= 15 is 0 Å². The van der Waals surface area contributed by atoms with Gasteiger partial charge in [-0.2, -0.15) is 0 Å². The smallest absolute Gasteiger partial charge is 0.412 e. The molecule has 2 N–H and O–H groups in total. The molecule has 8 nitrogen and oxygen atoms in total. The Morgan fingerprint density at radius 2 is 1.83 bits per heavy atom. The molecule has 1 heterocycles. The van der Waals surface area contributed by atoms with E-state index in [0.29, 0.717) is 30.2 Å². The summed E-state index contributed by atoms with van der Waals surface area (Å²) >= 11 is 0. The maximum Gasteiger partial charge on any atom is 0.412 e. The van der Waals surface area contributed by atoms with Crippen LogP contribution in [0, 0.1) is 0 Å². The average molecular weight is 402 g/mol. The number of pyridine rings is 1. The number of nitrogens with zero attached hydrogens (tertiary/aromatic N) is 1. The summed E-state index contributed by atoms with van der Waals surface area (Å²) in [6.45, 7) is 5.45. The van der Waals surface area contributed by atoms with Crippen molar-refractivity contribution in [2.24, 2.45) is 0 Å². The Kier molecular flexibility index (Phi) is 7.55. The number of methoxy groups -OCH3 is 1. The Morgan fingerprint density at radius 1 is 1.14 bits per heavy atom. The number of nitrogens with one attached hydrogen (secondary N) is 1. The van der Waals surface area contributed by atoms with Gasteiger partial charge in [0.25, 0.3) is 0 Å². The maximum absolute atomic E-state index is 11.8. The first-order valence-electron chi connectivity index (χ1n) is 9.12. The molecule has 0 fully saturated rings. The molecule has 0 spiro atoms. The fourth-order valence-electron chi connectivity index (χ4n) is 2.40. The Bertz CT molecular complexity index is 843. The van der Waals surface area contributed by atoms with Crippen LogP contribution in [0.3, 0.4) is 0 Å². The van der Waals surface area contributed by atoms with E-state index in [1.54, 1.807) is 39.0 Å². The van der Waals surface area contributed by atoms with Gasteiger partial charge in [-0.3, -0.25) is 5.32 Å². The van der Waals surface area contributed by atoms with Gasteiger partial charge in [-0.05, 0) is 38.5 Å². The molecule has 29 heavy (non-hydrogen) atoms. The van der Waals surface area contributed by atoms with Gasteiger partial charge >= 0.3 is 12.1 Å². The molecule has 1 aromatic heterocycles. The Balaban J connectivity index is 1.91. The van der Waals surface area contributed by atoms with E-state index in [1.807, 2.05) is 12.1 Å². The lowest BCUT2D eigenvalue weighted by Gasteiger charge is -2.19. The van der Waals surface area contributed by atoms with Crippen molar-refractivity contribution in [3.8, 4) is 5.75 Å². The molecule has 8 heteroatoms. The molecule has 0 saturated heterocycles. The second-order valence-corrected chi connectivity index (χ2v) is 7.25. The first-order valence-corrected chi connectivity index (χ1v) is 9.12. The van der Waals surface area contributed by atoms with Crippen molar-refractivity contribution in [2.75, 3.05) is 19.0 Å². The van der Waals surface area contributed by atoms with Crippen LogP contribution in [0.15, 0.2) is 36.4 Å². The Labute approximate surface area is 169 Å². The zero-order chi connectivity index (χ0) is 21.4. The van der Waals surface area contributed by atoms with Crippen molar-refractivity contribution in [2.45, 2.75) is 39.4 Å². The van der Waals surface area contributed by atoms with Crippen molar-refractivity contribution in [3.05, 3.63) is 53.3 Å². The van der Waals surface area contributed by atoms with Crippen LogP contribution in [0.25, 0.3) is 0 Å². The van der Waals surface area contributed by atoms with Gasteiger partial charge in [0.15, 0.2) is 5.69 Å². The van der Waals surface area contributed by atoms with E-state index in [-0.39, 0.29) is 12.3 Å². The highest BCUT2D eigenvalue weighted by molar-refractivity contribution is 5.87. The summed E-state index contributed by atoms with van der Waals surface area (Å²) in [7, 11) is 1.26. The second kappa shape index (κ2) is 9.88. The van der Waals surface area contributed by atoms with Gasteiger partial charge in [-0.25, -0.2) is 14.6 Å². The third kappa shape index (κ3) is 7.42. The predicted molar refractivity (Wildman–Crippen MR) is 107 cm³/mol. The molecule has 1 aromatic carbocycles. The van der Waals surface area contributed by atoms with Crippen LogP contribution < -0.4 is 10.1 Å². The quantitative estimate of drug-likeness (QED) is 0.684. The fourth-order valence-corrected chi connectivity index (χ4v) is 2.40. The van der Waals surface area contributed by atoms with E-state index in [4.69, 9.17) is 9.47 Å². The minimum absolute atomic E-state index is 0.0756. The number of ether oxygens (including phenoxy) is 3. The van der Waals surface area contributed by atoms with Gasteiger partial charge in [0.2, 0.25) is 0 Å². The number of aliphatic hydroxyl groups excluding tert-OH is 1. The van der Waals surface area contributed by atoms with E-state index in [9.17, 15) is 14.7 Å². The Hall–Kier alpha value is -3.13. The number of hydrogen-bond donors (Lipinski definition) is 2. The van der Waals surface area contributed by atoms with Gasteiger partial charge in [0.1, 0.15) is 11.4 Å². The highest BCUT2D eigenvalue weighted by Crippen LogP contribution is 2.17. The number of rotatable bonds is 7. The SMILES string of the molecule is COC(=O)c1cc(OCCc2ccc(NC(=O)OC(C)(C)C)cc2)cc(CO)n1. The monoisotopic (exact) mass is 402 g/mol. The zero-order valence-corrected chi connectivity index (χ0v) is 17.0. The predicted octanol–water partition coefficient (Wildman–Crippen LogP) is 3.33. The molecule has 0 saturated carbocycles.